The van der Waals surface area contributed by atoms with Crippen LogP contribution in [0.25, 0.3) is 12.2 Å². The Morgan fingerprint density at radius 1 is 1.12 bits per heavy atom. The Bertz CT molecular complexity index is 1070. The Morgan fingerprint density at radius 2 is 2.00 bits per heavy atom. The van der Waals surface area contributed by atoms with Gasteiger partial charge in [-0.3, -0.25) is 0 Å². The van der Waals surface area contributed by atoms with Crippen molar-refractivity contribution in [3.63, 3.8) is 0 Å². The van der Waals surface area contributed by atoms with E-state index in [1.54, 1.807) is 12.1 Å². The smallest absolute Gasteiger partial charge is 0.354 e. The van der Waals surface area contributed by atoms with Gasteiger partial charge in [-0.25, -0.2) is 9.79 Å². The van der Waals surface area contributed by atoms with Crippen molar-refractivity contribution in [2.45, 2.75) is 5.72 Å². The zero-order valence-corrected chi connectivity index (χ0v) is 12.5. The highest BCUT2D eigenvalue weighted by molar-refractivity contribution is 6.49. The molecule has 0 bridgehead atoms. The zero-order valence-electron chi connectivity index (χ0n) is 12.5. The summed E-state index contributed by atoms with van der Waals surface area (Å²) in [5, 5.41) is 10.8. The second-order valence-electron chi connectivity index (χ2n) is 5.87. The van der Waals surface area contributed by atoms with Crippen LogP contribution in [0, 0.1) is 0 Å². The monoisotopic (exact) mass is 316 g/mol. The second-order valence-corrected chi connectivity index (χ2v) is 5.87. The molecule has 5 heteroatoms. The summed E-state index contributed by atoms with van der Waals surface area (Å²) in [5.74, 6) is -0.316. The minimum atomic E-state index is -1.03. The molecule has 1 aromatic rings. The normalized spacial score (nSPS) is 24.4. The van der Waals surface area contributed by atoms with Gasteiger partial charge in [0.25, 0.3) is 0 Å². The lowest BCUT2D eigenvalue weighted by molar-refractivity contribution is -0.129. The predicted molar refractivity (Wildman–Crippen MR) is 90.1 cm³/mol. The van der Waals surface area contributed by atoms with Crippen LogP contribution < -0.4 is 15.2 Å². The molecule has 0 fully saturated rings. The van der Waals surface area contributed by atoms with E-state index in [2.05, 4.69) is 11.1 Å². The number of hydrogen-bond acceptors (Lipinski definition) is 4. The average Bonchev–Trinajstić information content (AvgIpc) is 3.03. The molecule has 5 rings (SSSR count). The lowest BCUT2D eigenvalue weighted by Crippen LogP contribution is -2.53. The molecule has 24 heavy (non-hydrogen) atoms. The van der Waals surface area contributed by atoms with Crippen molar-refractivity contribution in [2.24, 2.45) is 4.99 Å². The average molecular weight is 316 g/mol. The van der Waals surface area contributed by atoms with E-state index in [4.69, 9.17) is 4.74 Å². The molecule has 0 aliphatic carbocycles. The van der Waals surface area contributed by atoms with Crippen LogP contribution in [-0.2, 0) is 4.79 Å². The van der Waals surface area contributed by atoms with Crippen molar-refractivity contribution in [1.29, 1.82) is 0 Å². The molecule has 4 aliphatic heterocycles. The number of nitrogens with zero attached hydrogens (tertiary/aromatic N) is 2. The number of carboxylic acids is 1. The van der Waals surface area contributed by atoms with E-state index in [9.17, 15) is 9.90 Å². The minimum absolute atomic E-state index is 0.0479. The number of rotatable bonds is 1. The first-order chi connectivity index (χ1) is 11.7. The molecule has 1 spiro atoms. The molecule has 1 N–H and O–H groups in total. The van der Waals surface area contributed by atoms with Gasteiger partial charge in [-0.2, -0.15) is 0 Å². The topological polar surface area (TPSA) is 62.1 Å². The minimum Gasteiger partial charge on any atom is -0.477 e. The standard InChI is InChI=1S/C19H12N2O3/c22-18(23)16-11-13-14-10-12-4-3-9-21-8-2-1-7-19(12,21)24-17(14)6-5-15(13)20-16/h1-11H,(H,22,23). The summed E-state index contributed by atoms with van der Waals surface area (Å²) in [6.07, 6.45) is 17.5. The molecular weight excluding hydrogens is 304 g/mol. The van der Waals surface area contributed by atoms with E-state index < -0.39 is 11.7 Å². The summed E-state index contributed by atoms with van der Waals surface area (Å²) in [6.45, 7) is 0. The van der Waals surface area contributed by atoms with Crippen molar-refractivity contribution >= 4 is 29.5 Å². The zero-order chi connectivity index (χ0) is 16.3. The van der Waals surface area contributed by atoms with Gasteiger partial charge in [0, 0.05) is 28.4 Å². The first-order valence-corrected chi connectivity index (χ1v) is 7.58. The number of benzene rings is 1. The highest BCUT2D eigenvalue weighted by Gasteiger charge is 2.42. The molecule has 4 heterocycles. The number of aliphatic carboxylic acids is 1. The Morgan fingerprint density at radius 3 is 2.88 bits per heavy atom. The lowest BCUT2D eigenvalue weighted by Gasteiger charge is -2.44. The molecule has 0 radical (unpaired) electrons. The molecule has 1 atom stereocenters. The van der Waals surface area contributed by atoms with Crippen molar-refractivity contribution in [2.75, 3.05) is 0 Å². The lowest BCUT2D eigenvalue weighted by atomic mass is 9.92. The van der Waals surface area contributed by atoms with Crippen molar-refractivity contribution in [3.05, 3.63) is 70.9 Å². The molecule has 0 saturated heterocycles. The Hall–Kier alpha value is -3.34. The molecule has 1 unspecified atom stereocenters. The SMILES string of the molecule is O=C(O)C1=Nc2ccc3c(c2=C1)=CC1=CC=CN2C=CC=CC12O3. The second kappa shape index (κ2) is 4.35. The van der Waals surface area contributed by atoms with Crippen LogP contribution in [0.5, 0.6) is 5.75 Å². The highest BCUT2D eigenvalue weighted by Crippen LogP contribution is 2.37. The van der Waals surface area contributed by atoms with Gasteiger partial charge in [0.05, 0.1) is 5.69 Å². The number of aliphatic imine (C=N–C) groups is 1. The number of ether oxygens (including phenoxy) is 1. The van der Waals surface area contributed by atoms with E-state index in [0.717, 1.165) is 16.0 Å². The van der Waals surface area contributed by atoms with Crippen molar-refractivity contribution < 1.29 is 14.6 Å². The first-order valence-electron chi connectivity index (χ1n) is 7.58. The summed E-state index contributed by atoms with van der Waals surface area (Å²) < 4.78 is 6.37. The summed E-state index contributed by atoms with van der Waals surface area (Å²) >= 11 is 0. The summed E-state index contributed by atoms with van der Waals surface area (Å²) in [6, 6.07) is 3.65. The predicted octanol–water partition coefficient (Wildman–Crippen LogP) is 1.35. The van der Waals surface area contributed by atoms with Crippen LogP contribution in [0.15, 0.2) is 65.5 Å². The van der Waals surface area contributed by atoms with Crippen LogP contribution in [-0.4, -0.2) is 27.4 Å². The van der Waals surface area contributed by atoms with Gasteiger partial charge in [-0.1, -0.05) is 12.2 Å². The van der Waals surface area contributed by atoms with E-state index in [1.165, 1.54) is 0 Å². The number of carbonyl (C=O) groups is 1. The number of fused-ring (bicyclic) bond motifs is 3. The quantitative estimate of drug-likeness (QED) is 0.849. The molecular formula is C19H12N2O3. The number of allylic oxidation sites excluding steroid dienone is 4. The third-order valence-corrected chi connectivity index (χ3v) is 4.53. The molecule has 5 nitrogen and oxygen atoms in total. The maximum atomic E-state index is 11.2. The molecule has 1 aromatic carbocycles. The fraction of sp³-hybridized carbons (Fsp3) is 0.0526. The number of hydrogen-bond donors (Lipinski definition) is 1. The van der Waals surface area contributed by atoms with Crippen LogP contribution in [0.1, 0.15) is 0 Å². The Kier molecular flexibility index (Phi) is 2.38. The third-order valence-electron chi connectivity index (χ3n) is 4.53. The van der Waals surface area contributed by atoms with Crippen LogP contribution in [0.4, 0.5) is 5.69 Å². The third kappa shape index (κ3) is 1.58. The first kappa shape index (κ1) is 13.1. The molecule has 0 amide bonds. The van der Waals surface area contributed by atoms with Gasteiger partial charge >= 0.3 is 5.97 Å². The van der Waals surface area contributed by atoms with E-state index in [0.29, 0.717) is 11.4 Å². The number of carboxylic acid groups (broad SMARTS) is 1. The van der Waals surface area contributed by atoms with Gasteiger partial charge in [0.1, 0.15) is 11.5 Å². The van der Waals surface area contributed by atoms with E-state index in [-0.39, 0.29) is 5.71 Å². The highest BCUT2D eigenvalue weighted by atomic mass is 16.5. The fourth-order valence-corrected chi connectivity index (χ4v) is 3.41. The van der Waals surface area contributed by atoms with Crippen molar-refractivity contribution in [1.82, 2.24) is 4.90 Å². The maximum Gasteiger partial charge on any atom is 0.354 e. The Balaban J connectivity index is 1.76. The summed E-state index contributed by atoms with van der Waals surface area (Å²) in [7, 11) is 0. The van der Waals surface area contributed by atoms with Gasteiger partial charge in [0.2, 0.25) is 5.72 Å². The van der Waals surface area contributed by atoms with Crippen molar-refractivity contribution in [3.8, 4) is 5.75 Å². The molecule has 0 saturated carbocycles. The van der Waals surface area contributed by atoms with E-state index >= 15 is 0 Å². The largest absolute Gasteiger partial charge is 0.477 e. The summed E-state index contributed by atoms with van der Waals surface area (Å²) in [5.41, 5.74) is 1.01. The van der Waals surface area contributed by atoms with Gasteiger partial charge in [0.15, 0.2) is 0 Å². The maximum absolute atomic E-state index is 11.2. The van der Waals surface area contributed by atoms with Crippen LogP contribution in [0.3, 0.4) is 0 Å². The van der Waals surface area contributed by atoms with E-state index in [1.807, 2.05) is 53.7 Å². The van der Waals surface area contributed by atoms with Crippen LogP contribution >= 0.6 is 0 Å². The van der Waals surface area contributed by atoms with Gasteiger partial charge in [-0.15, -0.1) is 0 Å². The fourth-order valence-electron chi connectivity index (χ4n) is 3.41. The molecule has 116 valence electrons. The van der Waals surface area contributed by atoms with Gasteiger partial charge < -0.3 is 14.7 Å². The van der Waals surface area contributed by atoms with Gasteiger partial charge in [-0.05, 0) is 42.5 Å². The van der Waals surface area contributed by atoms with Crippen LogP contribution in [0.2, 0.25) is 0 Å². The molecule has 4 aliphatic rings. The summed E-state index contributed by atoms with van der Waals surface area (Å²) in [4.78, 5) is 17.4. The Labute approximate surface area is 137 Å². The molecule has 0 aromatic heterocycles.